The van der Waals surface area contributed by atoms with Crippen molar-refractivity contribution in [3.8, 4) is 0 Å². The van der Waals surface area contributed by atoms with E-state index < -0.39 is 29.9 Å². The average molecular weight is 334 g/mol. The van der Waals surface area contributed by atoms with Gasteiger partial charge in [0.25, 0.3) is 0 Å². The molecule has 130 valence electrons. The van der Waals surface area contributed by atoms with Crippen LogP contribution in [0.1, 0.15) is 25.8 Å². The Hall–Kier alpha value is -2.41. The summed E-state index contributed by atoms with van der Waals surface area (Å²) < 4.78 is 0. The van der Waals surface area contributed by atoms with Crippen LogP contribution in [-0.2, 0) is 20.8 Å². The van der Waals surface area contributed by atoms with Gasteiger partial charge in [-0.25, -0.2) is 4.79 Å². The summed E-state index contributed by atoms with van der Waals surface area (Å²) in [5, 5.41) is 20.9. The van der Waals surface area contributed by atoms with Crippen LogP contribution in [0, 0.1) is 5.92 Å². The number of rotatable bonds is 6. The second kappa shape index (κ2) is 7.00. The highest BCUT2D eigenvalue weighted by Gasteiger charge is 2.37. The summed E-state index contributed by atoms with van der Waals surface area (Å²) in [6.45, 7) is 2.99. The van der Waals surface area contributed by atoms with Crippen molar-refractivity contribution in [3.63, 3.8) is 0 Å². The van der Waals surface area contributed by atoms with Crippen LogP contribution < -0.4 is 10.2 Å². The minimum Gasteiger partial charge on any atom is -0.479 e. The van der Waals surface area contributed by atoms with Gasteiger partial charge >= 0.3 is 5.97 Å². The van der Waals surface area contributed by atoms with Gasteiger partial charge in [-0.1, -0.05) is 19.1 Å². The number of nitrogens with zero attached hydrogens (tertiary/aromatic N) is 1. The molecule has 2 amide bonds. The van der Waals surface area contributed by atoms with E-state index in [-0.39, 0.29) is 18.9 Å². The van der Waals surface area contributed by atoms with Crippen LogP contribution >= 0.6 is 0 Å². The minimum absolute atomic E-state index is 0.0660. The number of carbonyl (C=O) groups is 3. The number of benzene rings is 1. The molecular weight excluding hydrogens is 312 g/mol. The Balaban J connectivity index is 1.98. The summed E-state index contributed by atoms with van der Waals surface area (Å²) >= 11 is 0. The number of aliphatic hydroxyl groups is 1. The number of carboxylic acid groups (broad SMARTS) is 1. The first-order valence-electron chi connectivity index (χ1n) is 7.87. The standard InChI is InChI=1S/C17H22N2O5/c1-3-11-4-6-13(7-5-11)19-9-12(8-14(19)20)15(21)18-10-17(2,24)16(22)23/h4-7,12,24H,3,8-10H2,1-2H3,(H,18,21)(H,22,23). The topological polar surface area (TPSA) is 107 Å². The van der Waals surface area contributed by atoms with Crippen LogP contribution in [0.15, 0.2) is 24.3 Å². The van der Waals surface area contributed by atoms with E-state index in [1.54, 1.807) is 4.90 Å². The normalized spacial score (nSPS) is 19.9. The third-order valence-corrected chi connectivity index (χ3v) is 4.22. The largest absolute Gasteiger partial charge is 0.479 e. The van der Waals surface area contributed by atoms with Crippen molar-refractivity contribution >= 4 is 23.5 Å². The van der Waals surface area contributed by atoms with Gasteiger partial charge in [0.1, 0.15) is 0 Å². The molecule has 0 bridgehead atoms. The summed E-state index contributed by atoms with van der Waals surface area (Å²) in [6, 6.07) is 7.60. The second-order valence-electron chi connectivity index (χ2n) is 6.22. The Morgan fingerprint density at radius 2 is 1.96 bits per heavy atom. The van der Waals surface area contributed by atoms with E-state index in [9.17, 15) is 19.5 Å². The first-order chi connectivity index (χ1) is 11.2. The smallest absolute Gasteiger partial charge is 0.337 e. The van der Waals surface area contributed by atoms with Crippen molar-refractivity contribution in [1.29, 1.82) is 0 Å². The number of amides is 2. The molecule has 1 heterocycles. The zero-order valence-corrected chi connectivity index (χ0v) is 13.8. The molecular formula is C17H22N2O5. The molecule has 0 radical (unpaired) electrons. The van der Waals surface area contributed by atoms with Gasteiger partial charge in [-0.15, -0.1) is 0 Å². The number of hydrogen-bond acceptors (Lipinski definition) is 4. The molecule has 2 atom stereocenters. The first-order valence-corrected chi connectivity index (χ1v) is 7.87. The van der Waals surface area contributed by atoms with Gasteiger partial charge in [0.15, 0.2) is 5.60 Å². The van der Waals surface area contributed by atoms with Gasteiger partial charge in [0, 0.05) is 18.7 Å². The van der Waals surface area contributed by atoms with Crippen LogP contribution in [0.5, 0.6) is 0 Å². The van der Waals surface area contributed by atoms with Crippen molar-refractivity contribution in [3.05, 3.63) is 29.8 Å². The Bertz CT molecular complexity index is 639. The summed E-state index contributed by atoms with van der Waals surface area (Å²) in [4.78, 5) is 36.7. The van der Waals surface area contributed by atoms with Gasteiger partial charge in [-0.3, -0.25) is 9.59 Å². The summed E-state index contributed by atoms with van der Waals surface area (Å²) in [5.41, 5.74) is -0.130. The predicted octanol–water partition coefficient (Wildman–Crippen LogP) is 0.554. The van der Waals surface area contributed by atoms with Crippen LogP contribution in [0.2, 0.25) is 0 Å². The molecule has 1 aromatic rings. The zero-order valence-electron chi connectivity index (χ0n) is 13.8. The molecule has 0 aliphatic carbocycles. The van der Waals surface area contributed by atoms with E-state index >= 15 is 0 Å². The number of aryl methyl sites for hydroxylation is 1. The summed E-state index contributed by atoms with van der Waals surface area (Å²) in [6.07, 6.45) is 0.972. The number of carbonyl (C=O) groups excluding carboxylic acids is 2. The molecule has 0 saturated carbocycles. The highest BCUT2D eigenvalue weighted by molar-refractivity contribution is 6.00. The zero-order chi connectivity index (χ0) is 17.9. The SMILES string of the molecule is CCc1ccc(N2CC(C(=O)NCC(C)(O)C(=O)O)CC2=O)cc1. The number of anilines is 1. The fraction of sp³-hybridized carbons (Fsp3) is 0.471. The van der Waals surface area contributed by atoms with Crippen molar-refractivity contribution in [2.75, 3.05) is 18.0 Å². The molecule has 2 unspecified atom stereocenters. The Morgan fingerprint density at radius 3 is 2.50 bits per heavy atom. The monoisotopic (exact) mass is 334 g/mol. The lowest BCUT2D eigenvalue weighted by molar-refractivity contribution is -0.156. The maximum atomic E-state index is 12.2. The molecule has 1 fully saturated rings. The Kier molecular flexibility index (Phi) is 5.23. The van der Waals surface area contributed by atoms with E-state index in [4.69, 9.17) is 5.11 Å². The fourth-order valence-corrected chi connectivity index (χ4v) is 2.52. The lowest BCUT2D eigenvalue weighted by Crippen LogP contribution is -2.48. The highest BCUT2D eigenvalue weighted by Crippen LogP contribution is 2.25. The third kappa shape index (κ3) is 3.91. The second-order valence-corrected chi connectivity index (χ2v) is 6.22. The van der Waals surface area contributed by atoms with Crippen LogP contribution in [0.25, 0.3) is 0 Å². The summed E-state index contributed by atoms with van der Waals surface area (Å²) in [5.74, 6) is -2.56. The number of aliphatic carboxylic acids is 1. The number of nitrogens with one attached hydrogen (secondary N) is 1. The Morgan fingerprint density at radius 1 is 1.33 bits per heavy atom. The molecule has 7 nitrogen and oxygen atoms in total. The highest BCUT2D eigenvalue weighted by atomic mass is 16.4. The van der Waals surface area contributed by atoms with E-state index in [1.165, 1.54) is 0 Å². The minimum atomic E-state index is -2.03. The van der Waals surface area contributed by atoms with Crippen molar-refractivity contribution in [2.45, 2.75) is 32.3 Å². The predicted molar refractivity (Wildman–Crippen MR) is 87.5 cm³/mol. The lowest BCUT2D eigenvalue weighted by Gasteiger charge is -2.20. The molecule has 3 N–H and O–H groups in total. The molecule has 0 aromatic heterocycles. The van der Waals surface area contributed by atoms with Crippen LogP contribution in [0.4, 0.5) is 5.69 Å². The molecule has 2 rings (SSSR count). The van der Waals surface area contributed by atoms with E-state index in [0.29, 0.717) is 0 Å². The van der Waals surface area contributed by atoms with E-state index in [2.05, 4.69) is 5.32 Å². The molecule has 1 aliphatic rings. The van der Waals surface area contributed by atoms with Gasteiger partial charge in [-0.05, 0) is 31.0 Å². The number of carboxylic acids is 1. The van der Waals surface area contributed by atoms with Crippen molar-refractivity contribution < 1.29 is 24.6 Å². The van der Waals surface area contributed by atoms with Crippen LogP contribution in [0.3, 0.4) is 0 Å². The van der Waals surface area contributed by atoms with Gasteiger partial charge in [0.2, 0.25) is 11.8 Å². The summed E-state index contributed by atoms with van der Waals surface area (Å²) in [7, 11) is 0. The molecule has 1 saturated heterocycles. The molecule has 1 aromatic carbocycles. The van der Waals surface area contributed by atoms with E-state index in [0.717, 1.165) is 24.6 Å². The van der Waals surface area contributed by atoms with Crippen LogP contribution in [-0.4, -0.2) is 46.7 Å². The van der Waals surface area contributed by atoms with Crippen molar-refractivity contribution in [1.82, 2.24) is 5.32 Å². The fourth-order valence-electron chi connectivity index (χ4n) is 2.52. The van der Waals surface area contributed by atoms with Gasteiger partial charge in [-0.2, -0.15) is 0 Å². The number of hydrogen-bond donors (Lipinski definition) is 3. The maximum Gasteiger partial charge on any atom is 0.337 e. The van der Waals surface area contributed by atoms with Crippen molar-refractivity contribution in [2.24, 2.45) is 5.92 Å². The quantitative estimate of drug-likeness (QED) is 0.704. The van der Waals surface area contributed by atoms with Gasteiger partial charge in [0.05, 0.1) is 12.5 Å². The van der Waals surface area contributed by atoms with E-state index in [1.807, 2.05) is 31.2 Å². The third-order valence-electron chi connectivity index (χ3n) is 4.22. The molecule has 24 heavy (non-hydrogen) atoms. The molecule has 7 heteroatoms. The Labute approximate surface area is 140 Å². The van der Waals surface area contributed by atoms with Gasteiger partial charge < -0.3 is 20.4 Å². The molecule has 1 aliphatic heterocycles. The lowest BCUT2D eigenvalue weighted by atomic mass is 10.1. The average Bonchev–Trinajstić information content (AvgIpc) is 2.94. The maximum absolute atomic E-state index is 12.2. The first kappa shape index (κ1) is 17.9. The molecule has 0 spiro atoms.